The fourth-order valence-electron chi connectivity index (χ4n) is 1.98. The van der Waals surface area contributed by atoms with E-state index in [1.807, 2.05) is 0 Å². The Morgan fingerprint density at radius 2 is 1.52 bits per heavy atom. The molecule has 0 aliphatic rings. The molecule has 4 nitrogen and oxygen atoms in total. The van der Waals surface area contributed by atoms with Gasteiger partial charge in [-0.1, -0.05) is 6.08 Å². The molecule has 1 unspecified atom stereocenters. The molecule has 164 valence electrons. The number of carbonyl (C=O) groups excluding carboxylic acids is 1. The Labute approximate surface area is 167 Å². The van der Waals surface area contributed by atoms with E-state index in [2.05, 4.69) is 0 Å². The van der Waals surface area contributed by atoms with E-state index in [1.54, 1.807) is 20.8 Å². The molecular formula is C18H21F6NO3S. The first kappa shape index (κ1) is 25.0. The molecule has 0 bridgehead atoms. The lowest BCUT2D eigenvalue weighted by Gasteiger charge is -2.24. The third kappa shape index (κ3) is 8.46. The van der Waals surface area contributed by atoms with Gasteiger partial charge in [-0.25, -0.2) is 9.00 Å². The standard InChI is InChI=1S/C18H21F6NO3S/c1-16(2,3)28-15(26)25(4)7-5-6-8-29(27)14-10-12(17(19,20)21)9-13(11-14)18(22,23)24/h6,8-11H,5,7H2,1-4H3/b8-6+. The normalized spacial score (nSPS) is 14.1. The first-order chi connectivity index (χ1) is 13.0. The summed E-state index contributed by atoms with van der Waals surface area (Å²) in [5, 5.41) is 0.985. The van der Waals surface area contributed by atoms with Gasteiger partial charge in [-0.2, -0.15) is 26.3 Å². The predicted molar refractivity (Wildman–Crippen MR) is 95.5 cm³/mol. The summed E-state index contributed by atoms with van der Waals surface area (Å²) < 4.78 is 94.4. The number of ether oxygens (including phenoxy) is 1. The van der Waals surface area contributed by atoms with Gasteiger partial charge in [0, 0.05) is 23.9 Å². The summed E-state index contributed by atoms with van der Waals surface area (Å²) in [6.45, 7) is 5.21. The average molecular weight is 445 g/mol. The Kier molecular flexibility index (Phi) is 7.92. The Hall–Kier alpha value is -2.04. The van der Waals surface area contributed by atoms with Crippen molar-refractivity contribution in [3.05, 3.63) is 40.8 Å². The zero-order chi connectivity index (χ0) is 22.6. The second-order valence-electron chi connectivity index (χ2n) is 7.10. The predicted octanol–water partition coefficient (Wildman–Crippen LogP) is 5.60. The summed E-state index contributed by atoms with van der Waals surface area (Å²) in [4.78, 5) is 12.4. The van der Waals surface area contributed by atoms with Crippen LogP contribution in [-0.2, 0) is 27.9 Å². The second-order valence-corrected chi connectivity index (χ2v) is 8.44. The molecule has 0 radical (unpaired) electrons. The second kappa shape index (κ2) is 9.19. The fraction of sp³-hybridized carbons (Fsp3) is 0.500. The lowest BCUT2D eigenvalue weighted by molar-refractivity contribution is -0.143. The van der Waals surface area contributed by atoms with Crippen LogP contribution in [-0.4, -0.2) is 34.4 Å². The molecule has 1 amide bonds. The smallest absolute Gasteiger partial charge is 0.416 e. The van der Waals surface area contributed by atoms with Crippen molar-refractivity contribution in [2.45, 2.75) is 50.0 Å². The molecule has 0 saturated heterocycles. The maximum atomic E-state index is 12.9. The first-order valence-electron chi connectivity index (χ1n) is 8.31. The number of nitrogens with zero attached hydrogens (tertiary/aromatic N) is 1. The van der Waals surface area contributed by atoms with Crippen molar-refractivity contribution in [3.8, 4) is 0 Å². The molecule has 0 N–H and O–H groups in total. The molecule has 0 fully saturated rings. The molecule has 1 aromatic rings. The van der Waals surface area contributed by atoms with Gasteiger partial charge >= 0.3 is 18.4 Å². The van der Waals surface area contributed by atoms with E-state index in [0.29, 0.717) is 12.1 Å². The number of alkyl halides is 6. The van der Waals surface area contributed by atoms with Crippen molar-refractivity contribution < 1.29 is 40.1 Å². The molecule has 11 heteroatoms. The molecule has 0 aliphatic carbocycles. The van der Waals surface area contributed by atoms with E-state index in [-0.39, 0.29) is 19.0 Å². The lowest BCUT2D eigenvalue weighted by atomic mass is 10.1. The van der Waals surface area contributed by atoms with E-state index in [4.69, 9.17) is 4.74 Å². The van der Waals surface area contributed by atoms with Gasteiger partial charge in [0.1, 0.15) is 5.60 Å². The average Bonchev–Trinajstić information content (AvgIpc) is 2.54. The Bertz CT molecular complexity index is 749. The highest BCUT2D eigenvalue weighted by Gasteiger charge is 2.37. The highest BCUT2D eigenvalue weighted by Crippen LogP contribution is 2.37. The third-order valence-electron chi connectivity index (χ3n) is 3.35. The number of amides is 1. The molecule has 0 aliphatic heterocycles. The van der Waals surface area contributed by atoms with Crippen LogP contribution in [0.3, 0.4) is 0 Å². The number of hydrogen-bond donors (Lipinski definition) is 0. The molecule has 29 heavy (non-hydrogen) atoms. The topological polar surface area (TPSA) is 46.6 Å². The highest BCUT2D eigenvalue weighted by atomic mass is 32.2. The number of carbonyl (C=O) groups is 1. The molecule has 0 heterocycles. The minimum absolute atomic E-state index is 0.0276. The molecule has 0 saturated carbocycles. The van der Waals surface area contributed by atoms with Crippen LogP contribution in [0.1, 0.15) is 38.3 Å². The summed E-state index contributed by atoms with van der Waals surface area (Å²) in [5.41, 5.74) is -3.76. The van der Waals surface area contributed by atoms with Gasteiger partial charge in [-0.05, 0) is 45.4 Å². The number of benzene rings is 1. The quantitative estimate of drug-likeness (QED) is 0.554. The van der Waals surface area contributed by atoms with Gasteiger partial charge in [-0.3, -0.25) is 0 Å². The maximum absolute atomic E-state index is 12.9. The fourth-order valence-corrected chi connectivity index (χ4v) is 2.93. The number of halogens is 6. The van der Waals surface area contributed by atoms with Gasteiger partial charge in [0.2, 0.25) is 0 Å². The Balaban J connectivity index is 2.87. The van der Waals surface area contributed by atoms with Crippen molar-refractivity contribution in [1.29, 1.82) is 0 Å². The van der Waals surface area contributed by atoms with Crippen molar-refractivity contribution in [2.24, 2.45) is 0 Å². The molecule has 0 spiro atoms. The summed E-state index contributed by atoms with van der Waals surface area (Å²) in [6, 6.07) is 0.811. The van der Waals surface area contributed by atoms with E-state index < -0.39 is 50.9 Å². The molecule has 1 aromatic carbocycles. The summed E-state index contributed by atoms with van der Waals surface area (Å²) in [5.74, 6) is 0. The Morgan fingerprint density at radius 1 is 1.03 bits per heavy atom. The maximum Gasteiger partial charge on any atom is 0.416 e. The van der Waals surface area contributed by atoms with Crippen molar-refractivity contribution >= 4 is 16.9 Å². The van der Waals surface area contributed by atoms with Gasteiger partial charge < -0.3 is 9.64 Å². The van der Waals surface area contributed by atoms with Crippen LogP contribution in [0.25, 0.3) is 0 Å². The summed E-state index contributed by atoms with van der Waals surface area (Å²) in [7, 11) is -0.771. The van der Waals surface area contributed by atoms with E-state index in [9.17, 15) is 35.3 Å². The lowest BCUT2D eigenvalue weighted by Crippen LogP contribution is -2.34. The molecule has 0 aromatic heterocycles. The summed E-state index contributed by atoms with van der Waals surface area (Å²) in [6.07, 6.45) is -9.14. The monoisotopic (exact) mass is 445 g/mol. The largest absolute Gasteiger partial charge is 0.444 e. The third-order valence-corrected chi connectivity index (χ3v) is 4.49. The van der Waals surface area contributed by atoms with E-state index in [1.165, 1.54) is 18.0 Å². The Morgan fingerprint density at radius 3 is 1.93 bits per heavy atom. The minimum Gasteiger partial charge on any atom is -0.444 e. The zero-order valence-electron chi connectivity index (χ0n) is 16.1. The van der Waals surface area contributed by atoms with Crippen LogP contribution in [0.15, 0.2) is 34.6 Å². The molecular weight excluding hydrogens is 424 g/mol. The van der Waals surface area contributed by atoms with Crippen molar-refractivity contribution in [1.82, 2.24) is 4.90 Å². The van der Waals surface area contributed by atoms with E-state index in [0.717, 1.165) is 5.41 Å². The minimum atomic E-state index is -5.01. The van der Waals surface area contributed by atoms with Crippen LogP contribution in [0.5, 0.6) is 0 Å². The number of hydrogen-bond acceptors (Lipinski definition) is 3. The van der Waals surface area contributed by atoms with Crippen LogP contribution in [0.4, 0.5) is 31.1 Å². The molecule has 1 atom stereocenters. The van der Waals surface area contributed by atoms with Crippen LogP contribution in [0, 0.1) is 0 Å². The van der Waals surface area contributed by atoms with Gasteiger partial charge in [0.25, 0.3) is 0 Å². The van der Waals surface area contributed by atoms with E-state index >= 15 is 0 Å². The molecule has 1 rings (SSSR count). The van der Waals surface area contributed by atoms with Gasteiger partial charge in [-0.15, -0.1) is 0 Å². The van der Waals surface area contributed by atoms with Crippen LogP contribution < -0.4 is 0 Å². The van der Waals surface area contributed by atoms with Gasteiger partial charge in [0.05, 0.1) is 21.9 Å². The van der Waals surface area contributed by atoms with Crippen molar-refractivity contribution in [3.63, 3.8) is 0 Å². The van der Waals surface area contributed by atoms with Gasteiger partial charge in [0.15, 0.2) is 0 Å². The SMILES string of the molecule is CN(CC/C=C/S(=O)c1cc(C(F)(F)F)cc(C(F)(F)F)c1)C(=O)OC(C)(C)C. The summed E-state index contributed by atoms with van der Waals surface area (Å²) >= 11 is 0. The van der Waals surface area contributed by atoms with Crippen LogP contribution in [0.2, 0.25) is 0 Å². The van der Waals surface area contributed by atoms with Crippen LogP contribution >= 0.6 is 0 Å². The number of rotatable bonds is 5. The first-order valence-corrected chi connectivity index (χ1v) is 9.53. The van der Waals surface area contributed by atoms with Crippen molar-refractivity contribution in [2.75, 3.05) is 13.6 Å². The zero-order valence-corrected chi connectivity index (χ0v) is 17.0. The highest BCUT2D eigenvalue weighted by molar-refractivity contribution is 7.88.